The van der Waals surface area contributed by atoms with Crippen molar-refractivity contribution < 1.29 is 17.6 Å². The summed E-state index contributed by atoms with van der Waals surface area (Å²) in [4.78, 5) is 11.0. The van der Waals surface area contributed by atoms with E-state index >= 15 is 0 Å². The molecule has 1 fully saturated rings. The fourth-order valence-electron chi connectivity index (χ4n) is 2.41. The average Bonchev–Trinajstić information content (AvgIpc) is 2.43. The van der Waals surface area contributed by atoms with Gasteiger partial charge in [0.15, 0.2) is 0 Å². The minimum atomic E-state index is -3.76. The largest absolute Gasteiger partial charge is 0.324 e. The number of carbonyl (C=O) groups is 1. The quantitative estimate of drug-likeness (QED) is 0.771. The molecule has 0 aliphatic carbocycles. The van der Waals surface area contributed by atoms with Crippen molar-refractivity contribution in [3.63, 3.8) is 0 Å². The number of hydrogen-bond donors (Lipinski definition) is 3. The molecular formula is C14H20FN3O3S. The van der Waals surface area contributed by atoms with Crippen molar-refractivity contribution in [3.05, 3.63) is 24.0 Å². The van der Waals surface area contributed by atoms with Crippen LogP contribution < -0.4 is 15.4 Å². The lowest BCUT2D eigenvalue weighted by atomic mass is 9.97. The fraction of sp³-hybridized carbons (Fsp3) is 0.500. The molecule has 0 saturated carbocycles. The van der Waals surface area contributed by atoms with Gasteiger partial charge in [0.2, 0.25) is 15.9 Å². The molecular weight excluding hydrogens is 309 g/mol. The van der Waals surface area contributed by atoms with Crippen molar-refractivity contribution in [1.29, 1.82) is 0 Å². The van der Waals surface area contributed by atoms with E-state index in [1.165, 1.54) is 13.0 Å². The van der Waals surface area contributed by atoms with E-state index in [2.05, 4.69) is 15.4 Å². The molecule has 1 aromatic carbocycles. The van der Waals surface area contributed by atoms with Gasteiger partial charge in [0, 0.05) is 13.0 Å². The van der Waals surface area contributed by atoms with Gasteiger partial charge in [0.25, 0.3) is 0 Å². The molecule has 122 valence electrons. The van der Waals surface area contributed by atoms with E-state index in [1.807, 2.05) is 6.92 Å². The molecule has 22 heavy (non-hydrogen) atoms. The second-order valence-electron chi connectivity index (χ2n) is 5.52. The van der Waals surface area contributed by atoms with Crippen LogP contribution in [0.5, 0.6) is 0 Å². The van der Waals surface area contributed by atoms with Gasteiger partial charge in [-0.1, -0.05) is 6.92 Å². The zero-order valence-electron chi connectivity index (χ0n) is 12.5. The monoisotopic (exact) mass is 329 g/mol. The third-order valence-corrected chi connectivity index (χ3v) is 5.14. The first-order valence-electron chi connectivity index (χ1n) is 7.10. The SMILES string of the molecule is CC(=O)Nc1cc(S(=O)(=O)NC2CCNCC2C)ccc1F. The normalized spacial score (nSPS) is 22.3. The molecule has 0 spiro atoms. The maximum Gasteiger partial charge on any atom is 0.240 e. The van der Waals surface area contributed by atoms with E-state index in [0.29, 0.717) is 6.42 Å². The highest BCUT2D eigenvalue weighted by Crippen LogP contribution is 2.21. The first-order valence-corrected chi connectivity index (χ1v) is 8.58. The van der Waals surface area contributed by atoms with Crippen LogP contribution in [0.25, 0.3) is 0 Å². The summed E-state index contributed by atoms with van der Waals surface area (Å²) in [6.45, 7) is 4.69. The summed E-state index contributed by atoms with van der Waals surface area (Å²) in [7, 11) is -3.76. The molecule has 1 aliphatic heterocycles. The number of rotatable bonds is 4. The molecule has 1 heterocycles. The van der Waals surface area contributed by atoms with Crippen LogP contribution in [0.4, 0.5) is 10.1 Å². The summed E-state index contributed by atoms with van der Waals surface area (Å²) in [5.74, 6) is -0.975. The molecule has 0 bridgehead atoms. The van der Waals surface area contributed by atoms with E-state index in [1.54, 1.807) is 0 Å². The van der Waals surface area contributed by atoms with E-state index in [9.17, 15) is 17.6 Å². The Kier molecular flexibility index (Phi) is 5.15. The topological polar surface area (TPSA) is 87.3 Å². The molecule has 1 aromatic rings. The molecule has 2 rings (SSSR count). The summed E-state index contributed by atoms with van der Waals surface area (Å²) in [6, 6.07) is 3.19. The Morgan fingerprint density at radius 2 is 2.14 bits per heavy atom. The highest BCUT2D eigenvalue weighted by atomic mass is 32.2. The number of sulfonamides is 1. The first-order chi connectivity index (χ1) is 10.3. The van der Waals surface area contributed by atoms with Crippen molar-refractivity contribution in [1.82, 2.24) is 10.0 Å². The lowest BCUT2D eigenvalue weighted by molar-refractivity contribution is -0.114. The lowest BCUT2D eigenvalue weighted by Gasteiger charge is -2.30. The Bertz CT molecular complexity index is 663. The van der Waals surface area contributed by atoms with Crippen LogP contribution in [0, 0.1) is 11.7 Å². The predicted octanol–water partition coefficient (Wildman–Crippen LogP) is 1.06. The molecule has 2 atom stereocenters. The molecule has 2 unspecified atom stereocenters. The first kappa shape index (κ1) is 16.9. The van der Waals surface area contributed by atoms with Crippen LogP contribution in [-0.4, -0.2) is 33.5 Å². The summed E-state index contributed by atoms with van der Waals surface area (Å²) in [5.41, 5.74) is -0.145. The Labute approximate surface area is 129 Å². The zero-order valence-corrected chi connectivity index (χ0v) is 13.3. The van der Waals surface area contributed by atoms with Crippen molar-refractivity contribution in [2.24, 2.45) is 5.92 Å². The molecule has 6 nitrogen and oxygen atoms in total. The molecule has 0 radical (unpaired) electrons. The Morgan fingerprint density at radius 1 is 1.41 bits per heavy atom. The van der Waals surface area contributed by atoms with Gasteiger partial charge in [-0.15, -0.1) is 0 Å². The number of nitrogens with one attached hydrogen (secondary N) is 3. The number of carbonyl (C=O) groups excluding carboxylic acids is 1. The second kappa shape index (κ2) is 6.72. The number of benzene rings is 1. The van der Waals surface area contributed by atoms with Crippen LogP contribution in [0.3, 0.4) is 0 Å². The standard InChI is InChI=1S/C14H20FN3O3S/c1-9-8-16-6-5-13(9)18-22(20,21)11-3-4-12(15)14(7-11)17-10(2)19/h3-4,7,9,13,16,18H,5-6,8H2,1-2H3,(H,17,19). The van der Waals surface area contributed by atoms with Crippen LogP contribution in [0.2, 0.25) is 0 Å². The maximum absolute atomic E-state index is 13.6. The summed E-state index contributed by atoms with van der Waals surface area (Å²) >= 11 is 0. The van der Waals surface area contributed by atoms with Crippen LogP contribution in [0.1, 0.15) is 20.3 Å². The van der Waals surface area contributed by atoms with Gasteiger partial charge < -0.3 is 10.6 Å². The van der Waals surface area contributed by atoms with Crippen LogP contribution >= 0.6 is 0 Å². The van der Waals surface area contributed by atoms with Crippen LogP contribution in [-0.2, 0) is 14.8 Å². The van der Waals surface area contributed by atoms with E-state index in [0.717, 1.165) is 25.2 Å². The van der Waals surface area contributed by atoms with Crippen molar-refractivity contribution >= 4 is 21.6 Å². The van der Waals surface area contributed by atoms with Gasteiger partial charge in [-0.3, -0.25) is 4.79 Å². The molecule has 8 heteroatoms. The van der Waals surface area contributed by atoms with Gasteiger partial charge in [0.05, 0.1) is 10.6 Å². The fourth-order valence-corrected chi connectivity index (χ4v) is 3.82. The van der Waals surface area contributed by atoms with Gasteiger partial charge in [0.1, 0.15) is 5.82 Å². The summed E-state index contributed by atoms with van der Waals surface area (Å²) in [5, 5.41) is 5.48. The highest BCUT2D eigenvalue weighted by molar-refractivity contribution is 7.89. The third-order valence-electron chi connectivity index (χ3n) is 3.65. The maximum atomic E-state index is 13.6. The number of halogens is 1. The van der Waals surface area contributed by atoms with Gasteiger partial charge in [-0.2, -0.15) is 0 Å². The van der Waals surface area contributed by atoms with Gasteiger partial charge in [-0.25, -0.2) is 17.5 Å². The highest BCUT2D eigenvalue weighted by Gasteiger charge is 2.27. The smallest absolute Gasteiger partial charge is 0.240 e. The van der Waals surface area contributed by atoms with E-state index in [4.69, 9.17) is 0 Å². The number of anilines is 1. The molecule has 3 N–H and O–H groups in total. The number of hydrogen-bond acceptors (Lipinski definition) is 4. The minimum Gasteiger partial charge on any atom is -0.324 e. The summed E-state index contributed by atoms with van der Waals surface area (Å²) < 4.78 is 41.1. The minimum absolute atomic E-state index is 0.0663. The van der Waals surface area contributed by atoms with Crippen LogP contribution in [0.15, 0.2) is 23.1 Å². The van der Waals surface area contributed by atoms with E-state index in [-0.39, 0.29) is 22.5 Å². The average molecular weight is 329 g/mol. The summed E-state index contributed by atoms with van der Waals surface area (Å²) in [6.07, 6.45) is 0.695. The number of amides is 1. The predicted molar refractivity (Wildman–Crippen MR) is 81.5 cm³/mol. The lowest BCUT2D eigenvalue weighted by Crippen LogP contribution is -2.48. The third kappa shape index (κ3) is 4.02. The molecule has 1 saturated heterocycles. The molecule has 0 aromatic heterocycles. The zero-order chi connectivity index (χ0) is 16.3. The van der Waals surface area contributed by atoms with Crippen molar-refractivity contribution in [3.8, 4) is 0 Å². The van der Waals surface area contributed by atoms with Crippen molar-refractivity contribution in [2.45, 2.75) is 31.2 Å². The van der Waals surface area contributed by atoms with E-state index < -0.39 is 21.7 Å². The molecule has 1 aliphatic rings. The molecule has 1 amide bonds. The Hall–Kier alpha value is -1.51. The Balaban J connectivity index is 2.23. The van der Waals surface area contributed by atoms with Gasteiger partial charge in [-0.05, 0) is 43.6 Å². The van der Waals surface area contributed by atoms with Crippen molar-refractivity contribution in [2.75, 3.05) is 18.4 Å². The number of piperidine rings is 1. The second-order valence-corrected chi connectivity index (χ2v) is 7.23. The Morgan fingerprint density at radius 3 is 2.77 bits per heavy atom. The van der Waals surface area contributed by atoms with Gasteiger partial charge >= 0.3 is 0 Å².